The van der Waals surface area contributed by atoms with Gasteiger partial charge in [0.2, 0.25) is 0 Å². The van der Waals surface area contributed by atoms with Crippen molar-refractivity contribution in [3.05, 3.63) is 28.8 Å². The summed E-state index contributed by atoms with van der Waals surface area (Å²) in [6, 6.07) is 5.79. The molecule has 0 aromatic heterocycles. The van der Waals surface area contributed by atoms with Gasteiger partial charge in [0.25, 0.3) is 0 Å². The van der Waals surface area contributed by atoms with Crippen LogP contribution in [-0.2, 0) is 0 Å². The highest BCUT2D eigenvalue weighted by Gasteiger charge is 2.19. The Hall–Kier alpha value is -1.53. The average molecular weight is 273 g/mol. The van der Waals surface area contributed by atoms with E-state index in [1.54, 1.807) is 0 Å². The fourth-order valence-electron chi connectivity index (χ4n) is 3.12. The number of nitriles is 1. The highest BCUT2D eigenvalue weighted by atomic mass is 16.5. The Labute approximate surface area is 121 Å². The average Bonchev–Trinajstić information content (AvgIpc) is 2.90. The van der Waals surface area contributed by atoms with Crippen LogP contribution in [0.3, 0.4) is 0 Å². The Balaban J connectivity index is 1.91. The summed E-state index contributed by atoms with van der Waals surface area (Å²) >= 11 is 0. The molecule has 0 heterocycles. The molecule has 0 saturated heterocycles. The number of nitrogens with zero attached hydrogens (tertiary/aromatic N) is 1. The molecule has 1 N–H and O–H groups in total. The van der Waals surface area contributed by atoms with Gasteiger partial charge in [0.15, 0.2) is 0 Å². The van der Waals surface area contributed by atoms with Crippen LogP contribution in [0.2, 0.25) is 0 Å². The first-order valence-corrected chi connectivity index (χ1v) is 7.42. The summed E-state index contributed by atoms with van der Waals surface area (Å²) in [5, 5.41) is 19.0. The number of hydrogen-bond acceptors (Lipinski definition) is 3. The molecule has 3 heteroatoms. The number of aliphatic hydroxyl groups excluding tert-OH is 1. The lowest BCUT2D eigenvalue weighted by molar-refractivity contribution is 0.0849. The quantitative estimate of drug-likeness (QED) is 0.893. The van der Waals surface area contributed by atoms with Crippen molar-refractivity contribution in [3.8, 4) is 11.8 Å². The van der Waals surface area contributed by atoms with Gasteiger partial charge in [0.1, 0.15) is 12.4 Å². The highest BCUT2D eigenvalue weighted by molar-refractivity contribution is 5.47. The second-order valence-electron chi connectivity index (χ2n) is 5.90. The van der Waals surface area contributed by atoms with Crippen LogP contribution < -0.4 is 4.74 Å². The summed E-state index contributed by atoms with van der Waals surface area (Å²) in [4.78, 5) is 0. The summed E-state index contributed by atoms with van der Waals surface area (Å²) < 4.78 is 5.78. The van der Waals surface area contributed by atoms with Gasteiger partial charge in [0, 0.05) is 0 Å². The fraction of sp³-hybridized carbons (Fsp3) is 0.588. The van der Waals surface area contributed by atoms with E-state index in [2.05, 4.69) is 6.07 Å². The lowest BCUT2D eigenvalue weighted by Gasteiger charge is -2.18. The minimum absolute atomic E-state index is 0.337. The van der Waals surface area contributed by atoms with Gasteiger partial charge in [-0.15, -0.1) is 0 Å². The van der Waals surface area contributed by atoms with Crippen molar-refractivity contribution >= 4 is 0 Å². The van der Waals surface area contributed by atoms with E-state index in [9.17, 15) is 5.11 Å². The maximum atomic E-state index is 10.1. The maximum absolute atomic E-state index is 10.1. The van der Waals surface area contributed by atoms with Crippen molar-refractivity contribution < 1.29 is 9.84 Å². The molecule has 0 radical (unpaired) electrons. The molecule has 3 nitrogen and oxygen atoms in total. The van der Waals surface area contributed by atoms with Crippen molar-refractivity contribution in [3.63, 3.8) is 0 Å². The lowest BCUT2D eigenvalue weighted by Crippen LogP contribution is -2.21. The second-order valence-corrected chi connectivity index (χ2v) is 5.90. The van der Waals surface area contributed by atoms with Crippen LogP contribution in [0.4, 0.5) is 0 Å². The number of aryl methyl sites for hydroxylation is 2. The summed E-state index contributed by atoms with van der Waals surface area (Å²) in [6.07, 6.45) is 5.53. The first-order valence-electron chi connectivity index (χ1n) is 7.42. The van der Waals surface area contributed by atoms with Crippen LogP contribution in [0, 0.1) is 31.1 Å². The highest BCUT2D eigenvalue weighted by Crippen LogP contribution is 2.29. The maximum Gasteiger partial charge on any atom is 0.125 e. The van der Waals surface area contributed by atoms with Gasteiger partial charge in [0.05, 0.1) is 17.7 Å². The first-order chi connectivity index (χ1) is 9.60. The minimum atomic E-state index is -0.396. The molecule has 108 valence electrons. The molecule has 1 saturated carbocycles. The van der Waals surface area contributed by atoms with E-state index < -0.39 is 6.10 Å². The molecule has 0 amide bonds. The molecule has 0 bridgehead atoms. The largest absolute Gasteiger partial charge is 0.490 e. The lowest BCUT2D eigenvalue weighted by atomic mass is 10.0. The van der Waals surface area contributed by atoms with E-state index in [0.29, 0.717) is 18.1 Å². The summed E-state index contributed by atoms with van der Waals surface area (Å²) in [6.45, 7) is 4.21. The van der Waals surface area contributed by atoms with Crippen molar-refractivity contribution in [2.24, 2.45) is 5.92 Å². The Morgan fingerprint density at radius 2 is 1.90 bits per heavy atom. The number of aliphatic hydroxyl groups is 1. The zero-order chi connectivity index (χ0) is 14.5. The van der Waals surface area contributed by atoms with Crippen molar-refractivity contribution in [1.29, 1.82) is 5.26 Å². The minimum Gasteiger partial charge on any atom is -0.490 e. The number of hydrogen-bond donors (Lipinski definition) is 1. The third kappa shape index (κ3) is 3.74. The van der Waals surface area contributed by atoms with Gasteiger partial charge < -0.3 is 9.84 Å². The SMILES string of the molecule is Cc1cc(C#N)cc(C)c1OCC(O)CC1CCCC1. The third-order valence-corrected chi connectivity index (χ3v) is 4.09. The Morgan fingerprint density at radius 1 is 1.30 bits per heavy atom. The van der Waals surface area contributed by atoms with Crippen molar-refractivity contribution in [2.75, 3.05) is 6.61 Å². The van der Waals surface area contributed by atoms with Crippen LogP contribution in [0.25, 0.3) is 0 Å². The third-order valence-electron chi connectivity index (χ3n) is 4.09. The van der Waals surface area contributed by atoms with E-state index in [0.717, 1.165) is 23.3 Å². The predicted molar refractivity (Wildman–Crippen MR) is 78.7 cm³/mol. The Kier molecular flexibility index (Phi) is 5.03. The molecule has 1 atom stereocenters. The number of rotatable bonds is 5. The van der Waals surface area contributed by atoms with Crippen LogP contribution >= 0.6 is 0 Å². The van der Waals surface area contributed by atoms with Crippen LogP contribution in [0.15, 0.2) is 12.1 Å². The van der Waals surface area contributed by atoms with Crippen molar-refractivity contribution in [1.82, 2.24) is 0 Å². The monoisotopic (exact) mass is 273 g/mol. The summed E-state index contributed by atoms with van der Waals surface area (Å²) in [5.74, 6) is 1.46. The van der Waals surface area contributed by atoms with Gasteiger partial charge in [-0.2, -0.15) is 5.26 Å². The second kappa shape index (κ2) is 6.76. The zero-order valence-electron chi connectivity index (χ0n) is 12.4. The zero-order valence-corrected chi connectivity index (χ0v) is 12.4. The fourth-order valence-corrected chi connectivity index (χ4v) is 3.12. The van der Waals surface area contributed by atoms with Crippen LogP contribution in [-0.4, -0.2) is 17.8 Å². The van der Waals surface area contributed by atoms with Crippen LogP contribution in [0.1, 0.15) is 48.8 Å². The van der Waals surface area contributed by atoms with E-state index in [1.165, 1.54) is 25.7 Å². The summed E-state index contributed by atoms with van der Waals surface area (Å²) in [5.41, 5.74) is 2.56. The standard InChI is InChI=1S/C17H23NO2/c1-12-7-15(10-18)8-13(2)17(12)20-11-16(19)9-14-5-3-4-6-14/h7-8,14,16,19H,3-6,9,11H2,1-2H3. The van der Waals surface area contributed by atoms with Gasteiger partial charge in [-0.3, -0.25) is 0 Å². The van der Waals surface area contributed by atoms with E-state index in [1.807, 2.05) is 26.0 Å². The normalized spacial score (nSPS) is 16.9. The van der Waals surface area contributed by atoms with Gasteiger partial charge in [-0.05, 0) is 49.4 Å². The molecule has 1 unspecified atom stereocenters. The molecule has 2 rings (SSSR count). The van der Waals surface area contributed by atoms with Gasteiger partial charge in [-0.25, -0.2) is 0 Å². The van der Waals surface area contributed by atoms with Gasteiger partial charge in [-0.1, -0.05) is 25.7 Å². The van der Waals surface area contributed by atoms with Crippen molar-refractivity contribution in [2.45, 2.75) is 52.1 Å². The molecule has 0 aliphatic heterocycles. The topological polar surface area (TPSA) is 53.2 Å². The van der Waals surface area contributed by atoms with E-state index in [4.69, 9.17) is 10.00 Å². The Bertz CT molecular complexity index is 475. The van der Waals surface area contributed by atoms with E-state index in [-0.39, 0.29) is 0 Å². The molecule has 20 heavy (non-hydrogen) atoms. The number of ether oxygens (including phenoxy) is 1. The van der Waals surface area contributed by atoms with E-state index >= 15 is 0 Å². The molecule has 1 fully saturated rings. The summed E-state index contributed by atoms with van der Waals surface area (Å²) in [7, 11) is 0. The van der Waals surface area contributed by atoms with Crippen LogP contribution in [0.5, 0.6) is 5.75 Å². The van der Waals surface area contributed by atoms with Gasteiger partial charge >= 0.3 is 0 Å². The molecule has 1 aliphatic rings. The molecule has 0 spiro atoms. The molecular weight excluding hydrogens is 250 g/mol. The molecule has 1 aromatic rings. The molecule has 1 aliphatic carbocycles. The molecular formula is C17H23NO2. The Morgan fingerprint density at radius 3 is 2.45 bits per heavy atom. The predicted octanol–water partition coefficient (Wildman–Crippen LogP) is 3.50. The smallest absolute Gasteiger partial charge is 0.125 e. The molecule has 1 aromatic carbocycles. The number of benzene rings is 1. The first kappa shape index (κ1) is 14.9.